The molecule has 1 aliphatic heterocycles. The Hall–Kier alpha value is -1.20. The van der Waals surface area contributed by atoms with Crippen LogP contribution in [0, 0.1) is 6.92 Å². The minimum Gasteiger partial charge on any atom is -0.300 e. The van der Waals surface area contributed by atoms with Gasteiger partial charge in [-0.2, -0.15) is 4.31 Å². The first kappa shape index (κ1) is 15.2. The van der Waals surface area contributed by atoms with Crippen molar-refractivity contribution in [2.75, 3.05) is 6.54 Å². The maximum atomic E-state index is 12.7. The lowest BCUT2D eigenvalue weighted by Gasteiger charge is -2.34. The number of benzene rings is 1. The lowest BCUT2D eigenvalue weighted by Crippen LogP contribution is -2.44. The summed E-state index contributed by atoms with van der Waals surface area (Å²) in [5.41, 5.74) is 0.922. The van der Waals surface area contributed by atoms with Gasteiger partial charge < -0.3 is 0 Å². The highest BCUT2D eigenvalue weighted by Gasteiger charge is 2.33. The van der Waals surface area contributed by atoms with E-state index in [4.69, 9.17) is 0 Å². The van der Waals surface area contributed by atoms with Gasteiger partial charge in [0.2, 0.25) is 10.0 Å². The molecule has 1 aromatic rings. The Balaban J connectivity index is 2.33. The van der Waals surface area contributed by atoms with Gasteiger partial charge in [-0.05, 0) is 44.4 Å². The summed E-state index contributed by atoms with van der Waals surface area (Å²) in [4.78, 5) is 11.7. The number of Topliss-reactive ketones (excluding diaryl/α,β-unsaturated/α-hetero) is 1. The highest BCUT2D eigenvalue weighted by atomic mass is 32.2. The summed E-state index contributed by atoms with van der Waals surface area (Å²) in [7, 11) is -3.50. The van der Waals surface area contributed by atoms with Gasteiger partial charge in [-0.25, -0.2) is 8.42 Å². The van der Waals surface area contributed by atoms with Crippen LogP contribution in [0.1, 0.15) is 38.2 Å². The van der Waals surface area contributed by atoms with Gasteiger partial charge in [0.05, 0.1) is 4.90 Å². The standard InChI is InChI=1S/C15H21NO3S/c1-12-6-5-8-15(10-12)20(18,19)16-9-4-3-7-14(16)11-13(2)17/h5-6,8,10,14H,3-4,7,9,11H2,1-2H3. The number of piperidine rings is 1. The van der Waals surface area contributed by atoms with Crippen molar-refractivity contribution in [3.05, 3.63) is 29.8 Å². The van der Waals surface area contributed by atoms with Crippen LogP contribution in [0.4, 0.5) is 0 Å². The van der Waals surface area contributed by atoms with E-state index in [1.165, 1.54) is 11.2 Å². The zero-order valence-electron chi connectivity index (χ0n) is 12.0. The summed E-state index contributed by atoms with van der Waals surface area (Å²) < 4.78 is 27.0. The van der Waals surface area contributed by atoms with E-state index in [2.05, 4.69) is 0 Å². The maximum absolute atomic E-state index is 12.7. The molecule has 1 atom stereocenters. The number of rotatable bonds is 4. The van der Waals surface area contributed by atoms with E-state index in [1.807, 2.05) is 13.0 Å². The van der Waals surface area contributed by atoms with Gasteiger partial charge in [0, 0.05) is 19.0 Å². The summed E-state index contributed by atoms with van der Waals surface area (Å²) >= 11 is 0. The summed E-state index contributed by atoms with van der Waals surface area (Å²) in [5.74, 6) is 0.0429. The zero-order valence-corrected chi connectivity index (χ0v) is 12.8. The highest BCUT2D eigenvalue weighted by Crippen LogP contribution is 2.27. The Morgan fingerprint density at radius 3 is 2.75 bits per heavy atom. The predicted octanol–water partition coefficient (Wildman–Crippen LogP) is 2.52. The summed E-state index contributed by atoms with van der Waals surface area (Å²) in [6.07, 6.45) is 2.92. The molecular weight excluding hydrogens is 274 g/mol. The van der Waals surface area contributed by atoms with E-state index in [0.29, 0.717) is 17.9 Å². The number of carbonyl (C=O) groups is 1. The lowest BCUT2D eigenvalue weighted by molar-refractivity contribution is -0.118. The van der Waals surface area contributed by atoms with E-state index in [1.54, 1.807) is 18.2 Å². The molecule has 20 heavy (non-hydrogen) atoms. The van der Waals surface area contributed by atoms with Crippen LogP contribution in [-0.4, -0.2) is 31.1 Å². The second-order valence-electron chi connectivity index (χ2n) is 5.49. The number of hydrogen-bond acceptors (Lipinski definition) is 3. The molecule has 1 aromatic carbocycles. The number of sulfonamides is 1. The topological polar surface area (TPSA) is 54.5 Å². The molecule has 1 fully saturated rings. The third-order valence-electron chi connectivity index (χ3n) is 3.69. The summed E-state index contributed by atoms with van der Waals surface area (Å²) in [6, 6.07) is 6.76. The monoisotopic (exact) mass is 295 g/mol. The molecule has 1 heterocycles. The van der Waals surface area contributed by atoms with E-state index < -0.39 is 10.0 Å². The third kappa shape index (κ3) is 3.27. The van der Waals surface area contributed by atoms with Gasteiger partial charge >= 0.3 is 0 Å². The Morgan fingerprint density at radius 1 is 1.35 bits per heavy atom. The number of aryl methyl sites for hydroxylation is 1. The smallest absolute Gasteiger partial charge is 0.243 e. The van der Waals surface area contributed by atoms with Crippen LogP contribution in [-0.2, 0) is 14.8 Å². The molecule has 1 saturated heterocycles. The molecule has 1 aliphatic rings. The molecule has 4 nitrogen and oxygen atoms in total. The van der Waals surface area contributed by atoms with Crippen LogP contribution in [0.15, 0.2) is 29.2 Å². The van der Waals surface area contributed by atoms with Gasteiger partial charge in [-0.15, -0.1) is 0 Å². The first-order valence-electron chi connectivity index (χ1n) is 6.99. The van der Waals surface area contributed by atoms with Crippen LogP contribution in [0.5, 0.6) is 0 Å². The van der Waals surface area contributed by atoms with Crippen molar-refractivity contribution < 1.29 is 13.2 Å². The average Bonchev–Trinajstić information content (AvgIpc) is 2.38. The minimum atomic E-state index is -3.50. The molecule has 0 bridgehead atoms. The van der Waals surface area contributed by atoms with Crippen molar-refractivity contribution in [1.29, 1.82) is 0 Å². The zero-order chi connectivity index (χ0) is 14.8. The predicted molar refractivity (Wildman–Crippen MR) is 78.0 cm³/mol. The number of nitrogens with zero attached hydrogens (tertiary/aromatic N) is 1. The Morgan fingerprint density at radius 2 is 2.10 bits per heavy atom. The van der Waals surface area contributed by atoms with Crippen LogP contribution in [0.3, 0.4) is 0 Å². The van der Waals surface area contributed by atoms with Crippen molar-refractivity contribution in [3.8, 4) is 0 Å². The number of hydrogen-bond donors (Lipinski definition) is 0. The van der Waals surface area contributed by atoms with Crippen molar-refractivity contribution in [1.82, 2.24) is 4.31 Å². The molecule has 0 aromatic heterocycles. The van der Waals surface area contributed by atoms with Crippen LogP contribution >= 0.6 is 0 Å². The lowest BCUT2D eigenvalue weighted by atomic mass is 10.0. The Bertz CT molecular complexity index is 595. The van der Waals surface area contributed by atoms with Crippen molar-refractivity contribution in [2.45, 2.75) is 50.5 Å². The number of ketones is 1. The fourth-order valence-electron chi connectivity index (χ4n) is 2.74. The largest absolute Gasteiger partial charge is 0.300 e. The summed E-state index contributed by atoms with van der Waals surface area (Å²) in [5, 5.41) is 0. The minimum absolute atomic E-state index is 0.0429. The third-order valence-corrected chi connectivity index (χ3v) is 5.64. The molecule has 0 spiro atoms. The molecule has 5 heteroatoms. The van der Waals surface area contributed by atoms with Crippen LogP contribution in [0.2, 0.25) is 0 Å². The SMILES string of the molecule is CC(=O)CC1CCCCN1S(=O)(=O)c1cccc(C)c1. The fraction of sp³-hybridized carbons (Fsp3) is 0.533. The van der Waals surface area contributed by atoms with Crippen LogP contribution < -0.4 is 0 Å². The quantitative estimate of drug-likeness (QED) is 0.857. The van der Waals surface area contributed by atoms with E-state index in [9.17, 15) is 13.2 Å². The van der Waals surface area contributed by atoms with Gasteiger partial charge in [0.1, 0.15) is 5.78 Å². The molecule has 0 radical (unpaired) electrons. The normalized spacial score (nSPS) is 20.8. The molecular formula is C15H21NO3S. The van der Waals surface area contributed by atoms with Crippen molar-refractivity contribution in [2.24, 2.45) is 0 Å². The fourth-order valence-corrected chi connectivity index (χ4v) is 4.54. The van der Waals surface area contributed by atoms with Gasteiger partial charge in [-0.1, -0.05) is 18.6 Å². The summed E-state index contributed by atoms with van der Waals surface area (Å²) in [6.45, 7) is 3.91. The maximum Gasteiger partial charge on any atom is 0.243 e. The van der Waals surface area contributed by atoms with Gasteiger partial charge in [-0.3, -0.25) is 4.79 Å². The molecule has 0 aliphatic carbocycles. The Labute approximate surface area is 120 Å². The van der Waals surface area contributed by atoms with E-state index in [0.717, 1.165) is 24.8 Å². The molecule has 0 saturated carbocycles. The molecule has 2 rings (SSSR count). The van der Waals surface area contributed by atoms with Crippen molar-refractivity contribution >= 4 is 15.8 Å². The molecule has 0 N–H and O–H groups in total. The number of carbonyl (C=O) groups excluding carboxylic acids is 1. The van der Waals surface area contributed by atoms with E-state index >= 15 is 0 Å². The van der Waals surface area contributed by atoms with Gasteiger partial charge in [0.15, 0.2) is 0 Å². The van der Waals surface area contributed by atoms with Crippen LogP contribution in [0.25, 0.3) is 0 Å². The van der Waals surface area contributed by atoms with Crippen molar-refractivity contribution in [3.63, 3.8) is 0 Å². The first-order valence-corrected chi connectivity index (χ1v) is 8.43. The van der Waals surface area contributed by atoms with E-state index in [-0.39, 0.29) is 11.8 Å². The Kier molecular flexibility index (Phi) is 4.60. The highest BCUT2D eigenvalue weighted by molar-refractivity contribution is 7.89. The van der Waals surface area contributed by atoms with Gasteiger partial charge in [0.25, 0.3) is 0 Å². The second-order valence-corrected chi connectivity index (χ2v) is 7.38. The average molecular weight is 295 g/mol. The molecule has 110 valence electrons. The molecule has 0 amide bonds. The second kappa shape index (κ2) is 6.06. The first-order chi connectivity index (χ1) is 9.41. The molecule has 1 unspecified atom stereocenters.